The quantitative estimate of drug-likeness (QED) is 0.192. The van der Waals surface area contributed by atoms with E-state index in [1.807, 2.05) is 65.8 Å². The molecule has 8 heteroatoms. The van der Waals surface area contributed by atoms with E-state index < -0.39 is 26.9 Å². The van der Waals surface area contributed by atoms with Crippen molar-refractivity contribution in [2.24, 2.45) is 17.3 Å². The molecule has 232 valence electrons. The zero-order chi connectivity index (χ0) is 32.3. The predicted molar refractivity (Wildman–Crippen MR) is 179 cm³/mol. The van der Waals surface area contributed by atoms with Gasteiger partial charge in [-0.2, -0.15) is 0 Å². The molecular formula is C35H46O6P2. The summed E-state index contributed by atoms with van der Waals surface area (Å²) in [6.07, 6.45) is -0.876. The van der Waals surface area contributed by atoms with E-state index in [1.165, 1.54) is 0 Å². The fourth-order valence-corrected chi connectivity index (χ4v) is 7.30. The molecule has 0 aromatic heterocycles. The van der Waals surface area contributed by atoms with E-state index in [2.05, 4.69) is 0 Å². The predicted octanol–water partition coefficient (Wildman–Crippen LogP) is 5.86. The van der Waals surface area contributed by atoms with Crippen LogP contribution in [0, 0.1) is 17.3 Å². The van der Waals surface area contributed by atoms with Crippen molar-refractivity contribution < 1.29 is 29.1 Å². The Kier molecular flexibility index (Phi) is 13.8. The molecule has 0 amide bonds. The molecule has 0 spiro atoms. The Hall–Kier alpha value is -2.82. The lowest BCUT2D eigenvalue weighted by Gasteiger charge is -2.34. The first kappa shape index (κ1) is 36.4. The first-order chi connectivity index (χ1) is 20.1. The van der Waals surface area contributed by atoms with Crippen LogP contribution in [-0.4, -0.2) is 32.2 Å². The van der Waals surface area contributed by atoms with E-state index in [1.54, 1.807) is 97.1 Å². The minimum atomic E-state index is -3.40. The first-order valence-electron chi connectivity index (χ1n) is 14.3. The summed E-state index contributed by atoms with van der Waals surface area (Å²) in [6.45, 7) is 11.8. The Morgan fingerprint density at radius 3 is 0.930 bits per heavy atom. The second-order valence-electron chi connectivity index (χ2n) is 11.9. The van der Waals surface area contributed by atoms with Crippen molar-refractivity contribution in [1.82, 2.24) is 0 Å². The first-order valence-corrected chi connectivity index (χ1v) is 17.7. The summed E-state index contributed by atoms with van der Waals surface area (Å²) in [5.41, 5.74) is -0.157. The summed E-state index contributed by atoms with van der Waals surface area (Å²) in [5.74, 6) is 0.131. The van der Waals surface area contributed by atoms with Gasteiger partial charge in [-0.15, -0.1) is 0 Å². The molecule has 6 nitrogen and oxygen atoms in total. The Balaban J connectivity index is 0.000000226. The standard InChI is InChI=1S/2C12H11O2P.C11H24O2/c2*13-15(14,11-7-3-1-4-8-11)12-9-5-2-6-10-12;1-7(2)9(12)8(3)10(13)11(4,5)6/h2*1-10H,(H,13,14);7-10,12-13H,1-6H3. The maximum Gasteiger partial charge on any atom is 0.258 e. The number of hydrogen-bond acceptors (Lipinski definition) is 4. The lowest BCUT2D eigenvalue weighted by Crippen LogP contribution is -2.40. The van der Waals surface area contributed by atoms with Crippen molar-refractivity contribution in [2.45, 2.75) is 53.8 Å². The average Bonchev–Trinajstić information content (AvgIpc) is 3.02. The van der Waals surface area contributed by atoms with Gasteiger partial charge >= 0.3 is 0 Å². The van der Waals surface area contributed by atoms with Crippen LogP contribution in [0.1, 0.15) is 41.5 Å². The van der Waals surface area contributed by atoms with Gasteiger partial charge in [-0.05, 0) is 59.9 Å². The Bertz CT molecular complexity index is 1260. The van der Waals surface area contributed by atoms with Crippen molar-refractivity contribution in [3.05, 3.63) is 121 Å². The van der Waals surface area contributed by atoms with Crippen LogP contribution in [0.4, 0.5) is 0 Å². The van der Waals surface area contributed by atoms with Crippen LogP contribution in [0.5, 0.6) is 0 Å². The highest BCUT2D eigenvalue weighted by Gasteiger charge is 2.32. The molecule has 0 aliphatic carbocycles. The lowest BCUT2D eigenvalue weighted by molar-refractivity contribution is -0.0501. The molecule has 3 unspecified atom stereocenters. The molecule has 0 aliphatic heterocycles. The van der Waals surface area contributed by atoms with Crippen molar-refractivity contribution in [1.29, 1.82) is 0 Å². The van der Waals surface area contributed by atoms with Crippen molar-refractivity contribution in [2.75, 3.05) is 0 Å². The molecule has 4 aromatic rings. The molecule has 0 heterocycles. The molecule has 3 atom stereocenters. The Morgan fingerprint density at radius 2 is 0.744 bits per heavy atom. The highest BCUT2D eigenvalue weighted by molar-refractivity contribution is 7.73. The zero-order valence-corrected chi connectivity index (χ0v) is 27.6. The highest BCUT2D eigenvalue weighted by atomic mass is 31.2. The summed E-state index contributed by atoms with van der Waals surface area (Å²) in [5, 5.41) is 21.6. The van der Waals surface area contributed by atoms with Gasteiger partial charge in [0.1, 0.15) is 0 Å². The van der Waals surface area contributed by atoms with Gasteiger partial charge in [-0.1, -0.05) is 114 Å². The third-order valence-electron chi connectivity index (χ3n) is 7.03. The van der Waals surface area contributed by atoms with Crippen LogP contribution in [-0.2, 0) is 9.13 Å². The number of aliphatic hydroxyl groups excluding tert-OH is 2. The fraction of sp³-hybridized carbons (Fsp3) is 0.314. The number of aliphatic hydroxyl groups is 2. The van der Waals surface area contributed by atoms with Gasteiger partial charge in [0, 0.05) is 27.1 Å². The largest absolute Gasteiger partial charge is 0.392 e. The van der Waals surface area contributed by atoms with Gasteiger partial charge in [-0.25, -0.2) is 0 Å². The van der Waals surface area contributed by atoms with Crippen LogP contribution in [0.3, 0.4) is 0 Å². The van der Waals surface area contributed by atoms with Crippen LogP contribution < -0.4 is 21.2 Å². The molecule has 4 aromatic carbocycles. The van der Waals surface area contributed by atoms with Gasteiger partial charge in [0.15, 0.2) is 0 Å². The maximum absolute atomic E-state index is 12.2. The third-order valence-corrected chi connectivity index (χ3v) is 11.0. The van der Waals surface area contributed by atoms with Crippen LogP contribution in [0.15, 0.2) is 121 Å². The maximum atomic E-state index is 12.2. The van der Waals surface area contributed by atoms with E-state index in [0.717, 1.165) is 0 Å². The van der Waals surface area contributed by atoms with E-state index >= 15 is 0 Å². The number of hydrogen-bond donors (Lipinski definition) is 4. The Morgan fingerprint density at radius 1 is 0.512 bits per heavy atom. The number of benzene rings is 4. The molecule has 0 saturated heterocycles. The molecule has 0 bridgehead atoms. The van der Waals surface area contributed by atoms with Crippen molar-refractivity contribution >= 4 is 36.0 Å². The van der Waals surface area contributed by atoms with Gasteiger partial charge in [0.05, 0.1) is 12.2 Å². The molecule has 0 fully saturated rings. The van der Waals surface area contributed by atoms with E-state index in [0.29, 0.717) is 21.2 Å². The molecule has 0 aliphatic rings. The van der Waals surface area contributed by atoms with Crippen LogP contribution in [0.2, 0.25) is 0 Å². The zero-order valence-electron chi connectivity index (χ0n) is 25.9. The lowest BCUT2D eigenvalue weighted by atomic mass is 9.78. The van der Waals surface area contributed by atoms with Crippen LogP contribution in [0.25, 0.3) is 0 Å². The van der Waals surface area contributed by atoms with Gasteiger partial charge in [-0.3, -0.25) is 9.13 Å². The molecule has 0 radical (unpaired) electrons. The summed E-state index contributed by atoms with van der Waals surface area (Å²) in [6, 6.07) is 34.8. The van der Waals surface area contributed by atoms with Crippen molar-refractivity contribution in [3.63, 3.8) is 0 Å². The molecule has 4 rings (SSSR count). The van der Waals surface area contributed by atoms with E-state index in [9.17, 15) is 29.1 Å². The molecule has 43 heavy (non-hydrogen) atoms. The molecular weight excluding hydrogens is 578 g/mol. The van der Waals surface area contributed by atoms with Crippen molar-refractivity contribution in [3.8, 4) is 0 Å². The van der Waals surface area contributed by atoms with Gasteiger partial charge in [0.25, 0.3) is 14.7 Å². The smallest absolute Gasteiger partial charge is 0.258 e. The summed E-state index contributed by atoms with van der Waals surface area (Å²) < 4.78 is 24.3. The fourth-order valence-electron chi connectivity index (χ4n) is 4.40. The minimum Gasteiger partial charge on any atom is -0.392 e. The Labute approximate surface area is 257 Å². The van der Waals surface area contributed by atoms with Gasteiger partial charge in [0.2, 0.25) is 0 Å². The van der Waals surface area contributed by atoms with E-state index in [4.69, 9.17) is 0 Å². The monoisotopic (exact) mass is 624 g/mol. The third kappa shape index (κ3) is 10.7. The highest BCUT2D eigenvalue weighted by Crippen LogP contribution is 2.38. The molecule has 0 saturated carbocycles. The minimum absolute atomic E-state index is 0.0694. The second-order valence-corrected chi connectivity index (χ2v) is 16.3. The summed E-state index contributed by atoms with van der Waals surface area (Å²) in [4.78, 5) is 20.0. The van der Waals surface area contributed by atoms with Crippen LogP contribution >= 0.6 is 14.7 Å². The average molecular weight is 625 g/mol. The summed E-state index contributed by atoms with van der Waals surface area (Å²) >= 11 is 0. The normalized spacial score (nSPS) is 13.9. The second kappa shape index (κ2) is 16.3. The SMILES string of the molecule is CC(C)C(O)C(C)C(O)C(C)(C)C.O=P(O)(c1ccccc1)c1ccccc1.O=P(O)(c1ccccc1)c1ccccc1. The van der Waals surface area contributed by atoms with E-state index in [-0.39, 0.29) is 17.3 Å². The summed E-state index contributed by atoms with van der Waals surface area (Å²) in [7, 11) is -6.79. The van der Waals surface area contributed by atoms with Gasteiger partial charge < -0.3 is 20.0 Å². The molecule has 4 N–H and O–H groups in total. The number of rotatable bonds is 7. The topological polar surface area (TPSA) is 115 Å².